The van der Waals surface area contributed by atoms with Crippen molar-refractivity contribution in [2.75, 3.05) is 6.61 Å². The van der Waals surface area contributed by atoms with Crippen molar-refractivity contribution in [1.82, 2.24) is 0 Å². The van der Waals surface area contributed by atoms with Crippen LogP contribution in [0.2, 0.25) is 0 Å². The van der Waals surface area contributed by atoms with Gasteiger partial charge >= 0.3 is 23.1 Å². The first kappa shape index (κ1) is 13.9. The molecule has 72 valence electrons. The van der Waals surface area contributed by atoms with Gasteiger partial charge in [0.1, 0.15) is 0 Å². The minimum atomic E-state index is -0.464. The summed E-state index contributed by atoms with van der Waals surface area (Å²) >= 11 is 0. The zero-order valence-corrected chi connectivity index (χ0v) is 9.77. The SMILES string of the molecule is OC1CCCCO1.[Mg+2].[c-]1ccccc1. The Balaban J connectivity index is 0.000000227. The number of hydrogen-bond acceptors (Lipinski definition) is 2. The molecule has 1 aromatic rings. The molecular weight excluding hydrogens is 188 g/mol. The first-order chi connectivity index (χ1) is 6.39. The van der Waals surface area contributed by atoms with Crippen molar-refractivity contribution in [1.29, 1.82) is 0 Å². The van der Waals surface area contributed by atoms with E-state index in [1.165, 1.54) is 0 Å². The Bertz CT molecular complexity index is 171. The molecule has 0 radical (unpaired) electrons. The van der Waals surface area contributed by atoms with Gasteiger partial charge in [0.2, 0.25) is 0 Å². The molecule has 0 amide bonds. The van der Waals surface area contributed by atoms with Crippen molar-refractivity contribution in [2.45, 2.75) is 25.6 Å². The van der Waals surface area contributed by atoms with Gasteiger partial charge in [-0.15, -0.1) is 0 Å². The van der Waals surface area contributed by atoms with Crippen molar-refractivity contribution < 1.29 is 9.84 Å². The fourth-order valence-corrected chi connectivity index (χ4v) is 1.07. The predicted octanol–water partition coefficient (Wildman–Crippen LogP) is 1.61. The minimum Gasteiger partial charge on any atom is -0.368 e. The Morgan fingerprint density at radius 3 is 2.07 bits per heavy atom. The number of aliphatic hydroxyl groups excluding tert-OH is 1. The van der Waals surface area contributed by atoms with E-state index in [0.29, 0.717) is 0 Å². The van der Waals surface area contributed by atoms with Crippen LogP contribution in [0.3, 0.4) is 0 Å². The van der Waals surface area contributed by atoms with Crippen molar-refractivity contribution in [3.8, 4) is 0 Å². The standard InChI is InChI=1S/C6H5.C5H10O2.Mg/c1-2-4-6-5-3-1;6-5-3-1-2-4-7-5;/h1-5H;5-6H,1-4H2;/q-1;;+2. The van der Waals surface area contributed by atoms with Crippen LogP contribution in [0.15, 0.2) is 30.3 Å². The first-order valence-corrected chi connectivity index (χ1v) is 4.60. The topological polar surface area (TPSA) is 29.5 Å². The van der Waals surface area contributed by atoms with Crippen LogP contribution in [-0.2, 0) is 4.74 Å². The summed E-state index contributed by atoms with van der Waals surface area (Å²) in [5.41, 5.74) is 0. The fraction of sp³-hybridized carbons (Fsp3) is 0.455. The molecule has 3 heteroatoms. The summed E-state index contributed by atoms with van der Waals surface area (Å²) in [7, 11) is 0. The monoisotopic (exact) mass is 203 g/mol. The Labute approximate surface area is 101 Å². The number of benzene rings is 1. The van der Waals surface area contributed by atoms with E-state index in [1.807, 2.05) is 30.3 Å². The van der Waals surface area contributed by atoms with E-state index in [1.54, 1.807) is 0 Å². The van der Waals surface area contributed by atoms with Crippen LogP contribution in [0, 0.1) is 6.07 Å². The summed E-state index contributed by atoms with van der Waals surface area (Å²) in [5.74, 6) is 0. The normalized spacial score (nSPS) is 19.9. The molecule has 1 saturated heterocycles. The van der Waals surface area contributed by atoms with Crippen molar-refractivity contribution in [3.05, 3.63) is 36.4 Å². The fourth-order valence-electron chi connectivity index (χ4n) is 1.07. The third kappa shape index (κ3) is 7.32. The van der Waals surface area contributed by atoms with Gasteiger partial charge in [0, 0.05) is 6.61 Å². The minimum absolute atomic E-state index is 0. The summed E-state index contributed by atoms with van der Waals surface area (Å²) < 4.78 is 4.83. The molecule has 1 heterocycles. The molecule has 1 aliphatic heterocycles. The number of aliphatic hydroxyl groups is 1. The molecule has 2 nitrogen and oxygen atoms in total. The summed E-state index contributed by atoms with van der Waals surface area (Å²) in [4.78, 5) is 0. The van der Waals surface area contributed by atoms with E-state index in [4.69, 9.17) is 9.84 Å². The van der Waals surface area contributed by atoms with Crippen LogP contribution in [0.25, 0.3) is 0 Å². The molecular formula is C11H15MgO2+. The zero-order valence-electron chi connectivity index (χ0n) is 8.36. The quantitative estimate of drug-likeness (QED) is 0.513. The van der Waals surface area contributed by atoms with Gasteiger partial charge in [-0.3, -0.25) is 0 Å². The van der Waals surface area contributed by atoms with Crippen LogP contribution >= 0.6 is 0 Å². The Hall–Kier alpha value is -0.0938. The molecule has 0 aliphatic carbocycles. The van der Waals surface area contributed by atoms with Crippen LogP contribution in [0.5, 0.6) is 0 Å². The second-order valence-electron chi connectivity index (χ2n) is 2.90. The van der Waals surface area contributed by atoms with Crippen LogP contribution in [0.1, 0.15) is 19.3 Å². The maximum atomic E-state index is 8.69. The van der Waals surface area contributed by atoms with Crippen LogP contribution in [-0.4, -0.2) is 41.1 Å². The summed E-state index contributed by atoms with van der Waals surface area (Å²) in [6.45, 7) is 0.737. The second kappa shape index (κ2) is 9.46. The van der Waals surface area contributed by atoms with Gasteiger partial charge in [-0.05, 0) is 19.3 Å². The van der Waals surface area contributed by atoms with Gasteiger partial charge in [-0.1, -0.05) is 0 Å². The van der Waals surface area contributed by atoms with Crippen LogP contribution in [0.4, 0.5) is 0 Å². The van der Waals surface area contributed by atoms with Gasteiger partial charge in [-0.25, -0.2) is 0 Å². The molecule has 0 bridgehead atoms. The van der Waals surface area contributed by atoms with E-state index in [0.717, 1.165) is 25.9 Å². The Kier molecular flexibility index (Phi) is 9.40. The molecule has 1 unspecified atom stereocenters. The maximum absolute atomic E-state index is 8.69. The van der Waals surface area contributed by atoms with E-state index >= 15 is 0 Å². The van der Waals surface area contributed by atoms with Gasteiger partial charge in [0.05, 0.1) is 0 Å². The molecule has 2 rings (SSSR count). The molecule has 0 saturated carbocycles. The third-order valence-corrected chi connectivity index (χ3v) is 1.76. The van der Waals surface area contributed by atoms with Crippen molar-refractivity contribution >= 4 is 23.1 Å². The molecule has 1 aromatic carbocycles. The molecule has 14 heavy (non-hydrogen) atoms. The smallest absolute Gasteiger partial charge is 0.368 e. The third-order valence-electron chi connectivity index (χ3n) is 1.76. The summed E-state index contributed by atoms with van der Waals surface area (Å²) in [6, 6.07) is 12.5. The molecule has 1 aliphatic rings. The van der Waals surface area contributed by atoms with E-state index in [-0.39, 0.29) is 23.1 Å². The second-order valence-corrected chi connectivity index (χ2v) is 2.90. The number of rotatable bonds is 0. The van der Waals surface area contributed by atoms with Crippen molar-refractivity contribution in [2.24, 2.45) is 0 Å². The zero-order chi connectivity index (χ0) is 9.36. The average Bonchev–Trinajstić information content (AvgIpc) is 2.22. The number of hydrogen-bond donors (Lipinski definition) is 1. The van der Waals surface area contributed by atoms with Crippen molar-refractivity contribution in [3.63, 3.8) is 0 Å². The van der Waals surface area contributed by atoms with E-state index < -0.39 is 6.29 Å². The molecule has 1 N–H and O–H groups in total. The number of ether oxygens (including phenoxy) is 1. The molecule has 0 aromatic heterocycles. The largest absolute Gasteiger partial charge is 2.00 e. The van der Waals surface area contributed by atoms with E-state index in [2.05, 4.69) is 6.07 Å². The first-order valence-electron chi connectivity index (χ1n) is 4.60. The van der Waals surface area contributed by atoms with Gasteiger partial charge in [0.25, 0.3) is 0 Å². The summed E-state index contributed by atoms with van der Waals surface area (Å²) in [5, 5.41) is 8.69. The van der Waals surface area contributed by atoms with Crippen LogP contribution < -0.4 is 0 Å². The molecule has 0 spiro atoms. The molecule has 1 atom stereocenters. The maximum Gasteiger partial charge on any atom is 2.00 e. The van der Waals surface area contributed by atoms with Gasteiger partial charge < -0.3 is 9.84 Å². The Morgan fingerprint density at radius 2 is 1.86 bits per heavy atom. The predicted molar refractivity (Wildman–Crippen MR) is 56.8 cm³/mol. The molecule has 1 fully saturated rings. The average molecular weight is 204 g/mol. The van der Waals surface area contributed by atoms with Gasteiger partial charge in [0.15, 0.2) is 6.29 Å². The Morgan fingerprint density at radius 1 is 1.14 bits per heavy atom. The summed E-state index contributed by atoms with van der Waals surface area (Å²) in [6.07, 6.45) is 2.58. The van der Waals surface area contributed by atoms with E-state index in [9.17, 15) is 0 Å². The van der Waals surface area contributed by atoms with Gasteiger partial charge in [-0.2, -0.15) is 36.4 Å².